The molecule has 2 amide bonds. The standard InChI is InChI=1S/C22H29N3O2/c1-6-25(16(2)3)20-13-11-18(12-14-20)22(27)23-21-10-8-7-9-19(21)15-24(5)17(4)26/h7-14,16H,6,15H2,1-5H3,(H,23,27). The van der Waals surface area contributed by atoms with E-state index >= 15 is 0 Å². The summed E-state index contributed by atoms with van der Waals surface area (Å²) in [5.74, 6) is -0.176. The zero-order chi connectivity index (χ0) is 20.0. The van der Waals surface area contributed by atoms with E-state index < -0.39 is 0 Å². The second-order valence-corrected chi connectivity index (χ2v) is 6.91. The average molecular weight is 367 g/mol. The van der Waals surface area contributed by atoms with E-state index in [0.717, 1.165) is 23.5 Å². The first-order chi connectivity index (χ1) is 12.8. The smallest absolute Gasteiger partial charge is 0.255 e. The fraction of sp³-hybridized carbons (Fsp3) is 0.364. The van der Waals surface area contributed by atoms with Gasteiger partial charge in [-0.3, -0.25) is 9.59 Å². The molecule has 2 aromatic rings. The molecular formula is C22H29N3O2. The first kappa shape index (κ1) is 20.5. The third kappa shape index (κ3) is 5.33. The van der Waals surface area contributed by atoms with Crippen LogP contribution in [0.4, 0.5) is 11.4 Å². The van der Waals surface area contributed by atoms with Crippen LogP contribution in [-0.4, -0.2) is 36.3 Å². The van der Waals surface area contributed by atoms with E-state index in [-0.39, 0.29) is 11.8 Å². The van der Waals surface area contributed by atoms with Crippen LogP contribution in [0.3, 0.4) is 0 Å². The van der Waals surface area contributed by atoms with Crippen LogP contribution < -0.4 is 10.2 Å². The zero-order valence-electron chi connectivity index (χ0n) is 16.8. The second-order valence-electron chi connectivity index (χ2n) is 6.91. The Bertz CT molecular complexity index is 784. The van der Waals surface area contributed by atoms with Gasteiger partial charge in [0.2, 0.25) is 5.91 Å². The number of nitrogens with one attached hydrogen (secondary N) is 1. The topological polar surface area (TPSA) is 52.7 Å². The van der Waals surface area contributed by atoms with Crippen molar-refractivity contribution >= 4 is 23.2 Å². The highest BCUT2D eigenvalue weighted by molar-refractivity contribution is 6.04. The van der Waals surface area contributed by atoms with Crippen LogP contribution in [0.5, 0.6) is 0 Å². The molecule has 0 radical (unpaired) electrons. The maximum atomic E-state index is 12.7. The number of anilines is 2. The van der Waals surface area contributed by atoms with Gasteiger partial charge in [0, 0.05) is 50.0 Å². The third-order valence-electron chi connectivity index (χ3n) is 4.64. The molecule has 0 atom stereocenters. The molecule has 5 heteroatoms. The Morgan fingerprint density at radius 2 is 1.67 bits per heavy atom. The fourth-order valence-electron chi connectivity index (χ4n) is 2.99. The van der Waals surface area contributed by atoms with Crippen molar-refractivity contribution in [1.29, 1.82) is 0 Å². The molecule has 0 spiro atoms. The van der Waals surface area contributed by atoms with Gasteiger partial charge in [-0.2, -0.15) is 0 Å². The lowest BCUT2D eigenvalue weighted by Gasteiger charge is -2.27. The summed E-state index contributed by atoms with van der Waals surface area (Å²) in [7, 11) is 1.74. The number of rotatable bonds is 7. The van der Waals surface area contributed by atoms with Crippen LogP contribution in [0, 0.1) is 0 Å². The summed E-state index contributed by atoms with van der Waals surface area (Å²) in [5, 5.41) is 2.97. The predicted molar refractivity (Wildman–Crippen MR) is 111 cm³/mol. The first-order valence-electron chi connectivity index (χ1n) is 9.31. The Morgan fingerprint density at radius 3 is 2.22 bits per heavy atom. The van der Waals surface area contributed by atoms with Gasteiger partial charge in [-0.1, -0.05) is 18.2 Å². The Morgan fingerprint density at radius 1 is 1.04 bits per heavy atom. The van der Waals surface area contributed by atoms with Gasteiger partial charge >= 0.3 is 0 Å². The highest BCUT2D eigenvalue weighted by Crippen LogP contribution is 2.20. The Labute approximate surface area is 162 Å². The minimum Gasteiger partial charge on any atom is -0.369 e. The van der Waals surface area contributed by atoms with Gasteiger partial charge in [-0.05, 0) is 56.7 Å². The average Bonchev–Trinajstić information content (AvgIpc) is 2.64. The largest absolute Gasteiger partial charge is 0.369 e. The second kappa shape index (κ2) is 9.21. The van der Waals surface area contributed by atoms with Crippen molar-refractivity contribution in [3.8, 4) is 0 Å². The molecule has 0 saturated carbocycles. The molecule has 0 aromatic heterocycles. The molecule has 1 N–H and O–H groups in total. The fourth-order valence-corrected chi connectivity index (χ4v) is 2.99. The van der Waals surface area contributed by atoms with Crippen LogP contribution in [-0.2, 0) is 11.3 Å². The van der Waals surface area contributed by atoms with Gasteiger partial charge in [-0.25, -0.2) is 0 Å². The molecule has 27 heavy (non-hydrogen) atoms. The number of nitrogens with zero attached hydrogens (tertiary/aromatic N) is 2. The van der Waals surface area contributed by atoms with E-state index in [1.807, 2.05) is 48.5 Å². The van der Waals surface area contributed by atoms with Crippen LogP contribution in [0.15, 0.2) is 48.5 Å². The van der Waals surface area contributed by atoms with Crippen LogP contribution in [0.2, 0.25) is 0 Å². The number of carbonyl (C=O) groups is 2. The van der Waals surface area contributed by atoms with E-state index in [4.69, 9.17) is 0 Å². The first-order valence-corrected chi connectivity index (χ1v) is 9.31. The number of hydrogen-bond donors (Lipinski definition) is 1. The van der Waals surface area contributed by atoms with Gasteiger partial charge in [0.15, 0.2) is 0 Å². The lowest BCUT2D eigenvalue weighted by Crippen LogP contribution is -2.30. The molecule has 0 aliphatic heterocycles. The van der Waals surface area contributed by atoms with Crippen molar-refractivity contribution in [2.45, 2.75) is 40.3 Å². The van der Waals surface area contributed by atoms with E-state index in [2.05, 4.69) is 31.0 Å². The zero-order valence-corrected chi connectivity index (χ0v) is 16.8. The number of amides is 2. The highest BCUT2D eigenvalue weighted by atomic mass is 16.2. The minimum absolute atomic E-state index is 0.0163. The molecule has 5 nitrogen and oxygen atoms in total. The van der Waals surface area contributed by atoms with E-state index in [1.165, 1.54) is 6.92 Å². The van der Waals surface area contributed by atoms with Crippen LogP contribution in [0.1, 0.15) is 43.6 Å². The molecule has 0 aliphatic carbocycles. The minimum atomic E-state index is -0.160. The summed E-state index contributed by atoms with van der Waals surface area (Å²) in [5.41, 5.74) is 3.33. The van der Waals surface area contributed by atoms with E-state index in [1.54, 1.807) is 11.9 Å². The maximum absolute atomic E-state index is 12.7. The van der Waals surface area contributed by atoms with E-state index in [0.29, 0.717) is 18.2 Å². The summed E-state index contributed by atoms with van der Waals surface area (Å²) in [6, 6.07) is 15.6. The van der Waals surface area contributed by atoms with Crippen molar-refractivity contribution in [3.05, 3.63) is 59.7 Å². The Kier molecular flexibility index (Phi) is 6.99. The summed E-state index contributed by atoms with van der Waals surface area (Å²) in [6.07, 6.45) is 0. The third-order valence-corrected chi connectivity index (χ3v) is 4.64. The summed E-state index contributed by atoms with van der Waals surface area (Å²) >= 11 is 0. The molecule has 2 aromatic carbocycles. The molecule has 0 saturated heterocycles. The number of hydrogen-bond acceptors (Lipinski definition) is 3. The van der Waals surface area contributed by atoms with Gasteiger partial charge < -0.3 is 15.1 Å². The van der Waals surface area contributed by atoms with Gasteiger partial charge in [-0.15, -0.1) is 0 Å². The van der Waals surface area contributed by atoms with Crippen LogP contribution >= 0.6 is 0 Å². The maximum Gasteiger partial charge on any atom is 0.255 e. The normalized spacial score (nSPS) is 10.6. The van der Waals surface area contributed by atoms with Gasteiger partial charge in [0.25, 0.3) is 5.91 Å². The lowest BCUT2D eigenvalue weighted by atomic mass is 10.1. The molecule has 0 fully saturated rings. The monoisotopic (exact) mass is 367 g/mol. The van der Waals surface area contributed by atoms with Crippen molar-refractivity contribution in [2.75, 3.05) is 23.8 Å². The Balaban J connectivity index is 2.15. The molecule has 0 bridgehead atoms. The summed E-state index contributed by atoms with van der Waals surface area (Å²) in [6.45, 7) is 9.32. The van der Waals surface area contributed by atoms with Crippen molar-refractivity contribution in [1.82, 2.24) is 4.90 Å². The number of benzene rings is 2. The molecule has 0 unspecified atom stereocenters. The summed E-state index contributed by atoms with van der Waals surface area (Å²) in [4.78, 5) is 28.1. The Hall–Kier alpha value is -2.82. The van der Waals surface area contributed by atoms with Gasteiger partial charge in [0.1, 0.15) is 0 Å². The quantitative estimate of drug-likeness (QED) is 0.800. The predicted octanol–water partition coefficient (Wildman–Crippen LogP) is 4.15. The molecule has 144 valence electrons. The van der Waals surface area contributed by atoms with Crippen molar-refractivity contribution in [3.63, 3.8) is 0 Å². The number of carbonyl (C=O) groups excluding carboxylic acids is 2. The van der Waals surface area contributed by atoms with Crippen LogP contribution in [0.25, 0.3) is 0 Å². The molecule has 2 rings (SSSR count). The molecular weight excluding hydrogens is 338 g/mol. The SMILES string of the molecule is CCN(c1ccc(C(=O)Nc2ccccc2CN(C)C(C)=O)cc1)C(C)C. The van der Waals surface area contributed by atoms with Crippen molar-refractivity contribution in [2.24, 2.45) is 0 Å². The molecule has 0 heterocycles. The van der Waals surface area contributed by atoms with Gasteiger partial charge in [0.05, 0.1) is 0 Å². The molecule has 0 aliphatic rings. The van der Waals surface area contributed by atoms with E-state index in [9.17, 15) is 9.59 Å². The lowest BCUT2D eigenvalue weighted by molar-refractivity contribution is -0.128. The highest BCUT2D eigenvalue weighted by Gasteiger charge is 2.13. The summed E-state index contributed by atoms with van der Waals surface area (Å²) < 4.78 is 0. The van der Waals surface area contributed by atoms with Crippen molar-refractivity contribution < 1.29 is 9.59 Å². The number of para-hydroxylation sites is 1.